The standard InChI is InChI=1S/C19H21ClO3/c1-5-6-14-9-13(4)10-18(22-12(2)3)19(14)23-17-8-7-15(21)11-16(17)20/h5,7-12,21H,1,6H2,2-4H3. The Bertz CT molecular complexity index is 708. The van der Waals surface area contributed by atoms with E-state index < -0.39 is 0 Å². The Labute approximate surface area is 142 Å². The van der Waals surface area contributed by atoms with E-state index in [1.165, 1.54) is 12.1 Å². The highest BCUT2D eigenvalue weighted by atomic mass is 35.5. The summed E-state index contributed by atoms with van der Waals surface area (Å²) in [7, 11) is 0. The van der Waals surface area contributed by atoms with Gasteiger partial charge in [0.25, 0.3) is 0 Å². The molecule has 2 aromatic carbocycles. The Hall–Kier alpha value is -2.13. The lowest BCUT2D eigenvalue weighted by Crippen LogP contribution is -2.08. The van der Waals surface area contributed by atoms with Crippen molar-refractivity contribution in [3.05, 3.63) is 59.1 Å². The fourth-order valence-corrected chi connectivity index (χ4v) is 2.47. The molecule has 0 unspecified atom stereocenters. The van der Waals surface area contributed by atoms with Crippen LogP contribution in [0.4, 0.5) is 0 Å². The normalized spacial score (nSPS) is 10.7. The van der Waals surface area contributed by atoms with E-state index in [4.69, 9.17) is 21.1 Å². The summed E-state index contributed by atoms with van der Waals surface area (Å²) in [5, 5.41) is 9.81. The van der Waals surface area contributed by atoms with Gasteiger partial charge in [0.05, 0.1) is 11.1 Å². The second kappa shape index (κ2) is 7.42. The number of hydrogen-bond donors (Lipinski definition) is 1. The highest BCUT2D eigenvalue weighted by Gasteiger charge is 2.16. The molecule has 0 saturated heterocycles. The van der Waals surface area contributed by atoms with E-state index in [1.54, 1.807) is 6.07 Å². The molecule has 0 heterocycles. The molecular formula is C19H21ClO3. The number of benzene rings is 2. The molecule has 2 aromatic rings. The van der Waals surface area contributed by atoms with Crippen LogP contribution in [0.25, 0.3) is 0 Å². The molecule has 0 aliphatic carbocycles. The van der Waals surface area contributed by atoms with Crippen LogP contribution in [0.1, 0.15) is 25.0 Å². The topological polar surface area (TPSA) is 38.7 Å². The fraction of sp³-hybridized carbons (Fsp3) is 0.263. The van der Waals surface area contributed by atoms with Gasteiger partial charge in [-0.05, 0) is 51.0 Å². The van der Waals surface area contributed by atoms with Gasteiger partial charge in [-0.15, -0.1) is 6.58 Å². The minimum absolute atomic E-state index is 0.0195. The van der Waals surface area contributed by atoms with Crippen molar-refractivity contribution in [2.75, 3.05) is 0 Å². The number of phenolic OH excluding ortho intramolecular Hbond substituents is 1. The van der Waals surface area contributed by atoms with Crippen LogP contribution in [0.5, 0.6) is 23.0 Å². The summed E-state index contributed by atoms with van der Waals surface area (Å²) in [4.78, 5) is 0. The van der Waals surface area contributed by atoms with E-state index in [9.17, 15) is 5.11 Å². The Morgan fingerprint density at radius 3 is 2.57 bits per heavy atom. The van der Waals surface area contributed by atoms with E-state index in [1.807, 2.05) is 39.0 Å². The van der Waals surface area contributed by atoms with Gasteiger partial charge >= 0.3 is 0 Å². The smallest absolute Gasteiger partial charge is 0.172 e. The molecule has 3 nitrogen and oxygen atoms in total. The average Bonchev–Trinajstić information content (AvgIpc) is 2.44. The molecule has 0 bridgehead atoms. The third-order valence-corrected chi connectivity index (χ3v) is 3.43. The molecule has 0 aliphatic heterocycles. The Balaban J connectivity index is 2.50. The summed E-state index contributed by atoms with van der Waals surface area (Å²) < 4.78 is 11.9. The first-order valence-electron chi connectivity index (χ1n) is 7.48. The highest BCUT2D eigenvalue weighted by Crippen LogP contribution is 2.40. The summed E-state index contributed by atoms with van der Waals surface area (Å²) in [6.07, 6.45) is 2.49. The number of allylic oxidation sites excluding steroid dienone is 1. The van der Waals surface area contributed by atoms with Crippen LogP contribution in [0.2, 0.25) is 5.02 Å². The van der Waals surface area contributed by atoms with E-state index in [0.717, 1.165) is 11.1 Å². The average molecular weight is 333 g/mol. The van der Waals surface area contributed by atoms with Crippen LogP contribution in [-0.2, 0) is 6.42 Å². The lowest BCUT2D eigenvalue weighted by molar-refractivity contribution is 0.233. The van der Waals surface area contributed by atoms with Crippen molar-refractivity contribution in [2.45, 2.75) is 33.3 Å². The number of rotatable bonds is 6. The highest BCUT2D eigenvalue weighted by molar-refractivity contribution is 6.32. The van der Waals surface area contributed by atoms with Crippen molar-refractivity contribution in [3.63, 3.8) is 0 Å². The number of halogens is 1. The summed E-state index contributed by atoms with van der Waals surface area (Å²) in [5.41, 5.74) is 2.06. The predicted molar refractivity (Wildman–Crippen MR) is 94.0 cm³/mol. The lowest BCUT2D eigenvalue weighted by atomic mass is 10.1. The molecular weight excluding hydrogens is 312 g/mol. The summed E-state index contributed by atoms with van der Waals surface area (Å²) in [6, 6.07) is 8.59. The van der Waals surface area contributed by atoms with Crippen LogP contribution in [-0.4, -0.2) is 11.2 Å². The molecule has 0 aromatic heterocycles. The maximum atomic E-state index is 9.47. The Morgan fingerprint density at radius 1 is 1.22 bits per heavy atom. The van der Waals surface area contributed by atoms with Gasteiger partial charge in [-0.3, -0.25) is 0 Å². The number of ether oxygens (including phenoxy) is 2. The minimum Gasteiger partial charge on any atom is -0.508 e. The summed E-state index contributed by atoms with van der Waals surface area (Å²) in [6.45, 7) is 9.74. The summed E-state index contributed by atoms with van der Waals surface area (Å²) >= 11 is 6.15. The molecule has 0 spiro atoms. The number of aromatic hydroxyl groups is 1. The van der Waals surface area contributed by atoms with Gasteiger partial charge in [-0.25, -0.2) is 0 Å². The lowest BCUT2D eigenvalue weighted by Gasteiger charge is -2.19. The summed E-state index contributed by atoms with van der Waals surface area (Å²) in [5.74, 6) is 1.85. The van der Waals surface area contributed by atoms with Crippen LogP contribution >= 0.6 is 11.6 Å². The molecule has 4 heteroatoms. The van der Waals surface area contributed by atoms with Gasteiger partial charge in [0, 0.05) is 11.6 Å². The number of aryl methyl sites for hydroxylation is 1. The van der Waals surface area contributed by atoms with Crippen molar-refractivity contribution < 1.29 is 14.6 Å². The second-order valence-corrected chi connectivity index (χ2v) is 6.03. The Morgan fingerprint density at radius 2 is 1.96 bits per heavy atom. The molecule has 0 radical (unpaired) electrons. The molecule has 1 N–H and O–H groups in total. The number of phenols is 1. The van der Waals surface area contributed by atoms with Crippen molar-refractivity contribution in [3.8, 4) is 23.0 Å². The molecule has 122 valence electrons. The molecule has 0 aliphatic rings. The third-order valence-electron chi connectivity index (χ3n) is 3.13. The van der Waals surface area contributed by atoms with E-state index in [2.05, 4.69) is 6.58 Å². The van der Waals surface area contributed by atoms with Crippen LogP contribution < -0.4 is 9.47 Å². The largest absolute Gasteiger partial charge is 0.508 e. The van der Waals surface area contributed by atoms with E-state index >= 15 is 0 Å². The maximum Gasteiger partial charge on any atom is 0.172 e. The molecule has 2 rings (SSSR count). The molecule has 23 heavy (non-hydrogen) atoms. The van der Waals surface area contributed by atoms with Crippen molar-refractivity contribution in [1.82, 2.24) is 0 Å². The van der Waals surface area contributed by atoms with Crippen molar-refractivity contribution in [2.24, 2.45) is 0 Å². The van der Waals surface area contributed by atoms with Gasteiger partial charge in [0.15, 0.2) is 11.5 Å². The Kier molecular flexibility index (Phi) is 5.56. The quantitative estimate of drug-likeness (QED) is 0.693. The zero-order chi connectivity index (χ0) is 17.0. The predicted octanol–water partition coefficient (Wildman–Crippen LogP) is 5.66. The van der Waals surface area contributed by atoms with Crippen LogP contribution in [0.15, 0.2) is 43.0 Å². The molecule has 0 atom stereocenters. The molecule has 0 saturated carbocycles. The second-order valence-electron chi connectivity index (χ2n) is 5.63. The van der Waals surface area contributed by atoms with E-state index in [-0.39, 0.29) is 11.9 Å². The van der Waals surface area contributed by atoms with Crippen LogP contribution in [0, 0.1) is 6.92 Å². The minimum atomic E-state index is 0.0195. The maximum absolute atomic E-state index is 9.47. The van der Waals surface area contributed by atoms with Gasteiger partial charge in [0.1, 0.15) is 11.5 Å². The fourth-order valence-electron chi connectivity index (χ4n) is 2.26. The van der Waals surface area contributed by atoms with Crippen LogP contribution in [0.3, 0.4) is 0 Å². The number of hydrogen-bond acceptors (Lipinski definition) is 3. The molecule has 0 fully saturated rings. The SMILES string of the molecule is C=CCc1cc(C)cc(OC(C)C)c1Oc1ccc(O)cc1Cl. The zero-order valence-electron chi connectivity index (χ0n) is 13.6. The first kappa shape index (κ1) is 17.2. The molecule has 0 amide bonds. The van der Waals surface area contributed by atoms with Gasteiger partial charge in [0.2, 0.25) is 0 Å². The first-order valence-corrected chi connectivity index (χ1v) is 7.86. The van der Waals surface area contributed by atoms with Gasteiger partial charge in [-0.2, -0.15) is 0 Å². The monoisotopic (exact) mass is 332 g/mol. The van der Waals surface area contributed by atoms with Gasteiger partial charge in [-0.1, -0.05) is 23.7 Å². The van der Waals surface area contributed by atoms with Gasteiger partial charge < -0.3 is 14.6 Å². The van der Waals surface area contributed by atoms with Crippen molar-refractivity contribution in [1.29, 1.82) is 0 Å². The zero-order valence-corrected chi connectivity index (χ0v) is 14.4. The van der Waals surface area contributed by atoms with Crippen molar-refractivity contribution >= 4 is 11.6 Å². The third kappa shape index (κ3) is 4.42. The first-order chi connectivity index (χ1) is 10.9. The van der Waals surface area contributed by atoms with E-state index in [0.29, 0.717) is 28.7 Å².